The molecule has 6 heteroatoms. The molecule has 1 saturated heterocycles. The van der Waals surface area contributed by atoms with Crippen LogP contribution in [0.25, 0.3) is 11.4 Å². The highest BCUT2D eigenvalue weighted by molar-refractivity contribution is 5.97. The average molecular weight is 349 g/mol. The Balaban J connectivity index is 1.57. The average Bonchev–Trinajstić information content (AvgIpc) is 3.30. The molecule has 1 aliphatic heterocycles. The number of hydrogen-bond acceptors (Lipinski definition) is 5. The van der Waals surface area contributed by atoms with E-state index in [1.165, 1.54) is 0 Å². The number of benzene rings is 2. The molecule has 4 rings (SSSR count). The SMILES string of the molecule is CCOc1ccccc1N1CC(c2nc(-c3ccccc3)no2)CC1=O. The molecule has 0 aliphatic carbocycles. The van der Waals surface area contributed by atoms with Crippen molar-refractivity contribution in [3.05, 3.63) is 60.5 Å². The second-order valence-electron chi connectivity index (χ2n) is 6.13. The predicted molar refractivity (Wildman–Crippen MR) is 97.1 cm³/mol. The van der Waals surface area contributed by atoms with Gasteiger partial charge in [0.05, 0.1) is 18.2 Å². The summed E-state index contributed by atoms with van der Waals surface area (Å²) in [5, 5.41) is 4.06. The summed E-state index contributed by atoms with van der Waals surface area (Å²) < 4.78 is 11.1. The van der Waals surface area contributed by atoms with Crippen LogP contribution in [0.3, 0.4) is 0 Å². The Morgan fingerprint density at radius 2 is 1.92 bits per heavy atom. The molecule has 2 aromatic carbocycles. The Morgan fingerprint density at radius 1 is 1.15 bits per heavy atom. The van der Waals surface area contributed by atoms with Gasteiger partial charge in [-0.15, -0.1) is 0 Å². The lowest BCUT2D eigenvalue weighted by Gasteiger charge is -2.19. The van der Waals surface area contributed by atoms with Crippen molar-refractivity contribution in [2.24, 2.45) is 0 Å². The van der Waals surface area contributed by atoms with Crippen molar-refractivity contribution in [1.29, 1.82) is 0 Å². The van der Waals surface area contributed by atoms with Gasteiger partial charge in [0.2, 0.25) is 17.6 Å². The van der Waals surface area contributed by atoms with Gasteiger partial charge in [-0.05, 0) is 19.1 Å². The van der Waals surface area contributed by atoms with Gasteiger partial charge in [0, 0.05) is 18.5 Å². The minimum atomic E-state index is -0.123. The first kappa shape index (κ1) is 16.3. The first-order valence-electron chi connectivity index (χ1n) is 8.67. The number of carbonyl (C=O) groups excluding carboxylic acids is 1. The largest absolute Gasteiger partial charge is 0.492 e. The number of nitrogens with zero attached hydrogens (tertiary/aromatic N) is 3. The molecule has 0 spiro atoms. The number of carbonyl (C=O) groups is 1. The summed E-state index contributed by atoms with van der Waals surface area (Å²) in [7, 11) is 0. The van der Waals surface area contributed by atoms with Crippen LogP contribution in [0.5, 0.6) is 5.75 Å². The predicted octanol–water partition coefficient (Wildman–Crippen LogP) is 3.66. The fourth-order valence-electron chi connectivity index (χ4n) is 3.17. The number of hydrogen-bond donors (Lipinski definition) is 0. The molecular weight excluding hydrogens is 330 g/mol. The van der Waals surface area contributed by atoms with Gasteiger partial charge in [0.1, 0.15) is 5.75 Å². The van der Waals surface area contributed by atoms with Crippen LogP contribution in [-0.2, 0) is 4.79 Å². The van der Waals surface area contributed by atoms with Gasteiger partial charge in [-0.25, -0.2) is 0 Å². The van der Waals surface area contributed by atoms with Crippen molar-refractivity contribution in [2.45, 2.75) is 19.3 Å². The molecule has 1 aromatic heterocycles. The van der Waals surface area contributed by atoms with E-state index in [9.17, 15) is 4.79 Å². The minimum Gasteiger partial charge on any atom is -0.492 e. The van der Waals surface area contributed by atoms with Gasteiger partial charge in [0.25, 0.3) is 0 Å². The lowest BCUT2D eigenvalue weighted by atomic mass is 10.1. The minimum absolute atomic E-state index is 0.0293. The summed E-state index contributed by atoms with van der Waals surface area (Å²) >= 11 is 0. The Hall–Kier alpha value is -3.15. The number of rotatable bonds is 5. The summed E-state index contributed by atoms with van der Waals surface area (Å²) in [5.41, 5.74) is 1.68. The number of para-hydroxylation sites is 2. The number of ether oxygens (including phenoxy) is 1. The van der Waals surface area contributed by atoms with Crippen molar-refractivity contribution >= 4 is 11.6 Å². The van der Waals surface area contributed by atoms with Crippen LogP contribution >= 0.6 is 0 Å². The van der Waals surface area contributed by atoms with E-state index in [1.807, 2.05) is 61.5 Å². The molecule has 6 nitrogen and oxygen atoms in total. The highest BCUT2D eigenvalue weighted by atomic mass is 16.5. The molecule has 1 aliphatic rings. The molecule has 2 heterocycles. The third-order valence-corrected chi connectivity index (χ3v) is 4.40. The topological polar surface area (TPSA) is 68.5 Å². The van der Waals surface area contributed by atoms with Crippen LogP contribution in [0.4, 0.5) is 5.69 Å². The Morgan fingerprint density at radius 3 is 2.73 bits per heavy atom. The molecule has 1 unspecified atom stereocenters. The summed E-state index contributed by atoms with van der Waals surface area (Å²) in [4.78, 5) is 18.8. The van der Waals surface area contributed by atoms with Crippen molar-refractivity contribution < 1.29 is 14.1 Å². The van der Waals surface area contributed by atoms with E-state index in [1.54, 1.807) is 4.90 Å². The second kappa shape index (κ2) is 7.00. The van der Waals surface area contributed by atoms with Crippen LogP contribution in [0.15, 0.2) is 59.1 Å². The molecule has 0 bridgehead atoms. The van der Waals surface area contributed by atoms with E-state index in [2.05, 4.69) is 10.1 Å². The molecule has 0 N–H and O–H groups in total. The summed E-state index contributed by atoms with van der Waals surface area (Å²) in [6.07, 6.45) is 0.344. The zero-order chi connectivity index (χ0) is 17.9. The number of aromatic nitrogens is 2. The highest BCUT2D eigenvalue weighted by Crippen LogP contribution is 2.36. The van der Waals surface area contributed by atoms with Crippen LogP contribution in [-0.4, -0.2) is 29.2 Å². The van der Waals surface area contributed by atoms with E-state index in [-0.39, 0.29) is 11.8 Å². The molecule has 0 saturated carbocycles. The Labute approximate surface area is 151 Å². The molecule has 1 amide bonds. The van der Waals surface area contributed by atoms with Crippen molar-refractivity contribution in [1.82, 2.24) is 10.1 Å². The third kappa shape index (κ3) is 3.06. The molecule has 0 radical (unpaired) electrons. The zero-order valence-corrected chi connectivity index (χ0v) is 14.5. The van der Waals surface area contributed by atoms with E-state index in [4.69, 9.17) is 9.26 Å². The van der Waals surface area contributed by atoms with Gasteiger partial charge in [-0.2, -0.15) is 4.98 Å². The number of amides is 1. The first-order valence-corrected chi connectivity index (χ1v) is 8.67. The summed E-state index contributed by atoms with van der Waals surface area (Å²) in [6.45, 7) is 2.97. The highest BCUT2D eigenvalue weighted by Gasteiger charge is 2.36. The smallest absolute Gasteiger partial charge is 0.232 e. The van der Waals surface area contributed by atoms with Gasteiger partial charge < -0.3 is 14.2 Å². The van der Waals surface area contributed by atoms with Gasteiger partial charge in [0.15, 0.2) is 0 Å². The van der Waals surface area contributed by atoms with Gasteiger partial charge in [-0.1, -0.05) is 47.6 Å². The van der Waals surface area contributed by atoms with Crippen LogP contribution < -0.4 is 9.64 Å². The van der Waals surface area contributed by atoms with E-state index >= 15 is 0 Å². The summed E-state index contributed by atoms with van der Waals surface area (Å²) in [6, 6.07) is 17.2. The quantitative estimate of drug-likeness (QED) is 0.703. The van der Waals surface area contributed by atoms with Crippen molar-refractivity contribution in [2.75, 3.05) is 18.1 Å². The molecule has 132 valence electrons. The second-order valence-corrected chi connectivity index (χ2v) is 6.13. The normalized spacial score (nSPS) is 16.9. The maximum Gasteiger partial charge on any atom is 0.232 e. The molecule has 3 aromatic rings. The lowest BCUT2D eigenvalue weighted by molar-refractivity contribution is -0.117. The standard InChI is InChI=1S/C20H19N3O3/c1-2-25-17-11-7-6-10-16(17)23-13-15(12-18(23)24)20-21-19(22-26-20)14-8-4-3-5-9-14/h3-11,15H,2,12-13H2,1H3. The van der Waals surface area contributed by atoms with Crippen LogP contribution in [0, 0.1) is 0 Å². The van der Waals surface area contributed by atoms with E-state index in [0.29, 0.717) is 37.0 Å². The van der Waals surface area contributed by atoms with Crippen molar-refractivity contribution in [3.63, 3.8) is 0 Å². The van der Waals surface area contributed by atoms with Gasteiger partial charge >= 0.3 is 0 Å². The molecule has 1 atom stereocenters. The fraction of sp³-hybridized carbons (Fsp3) is 0.250. The molecule has 26 heavy (non-hydrogen) atoms. The van der Waals surface area contributed by atoms with Crippen LogP contribution in [0.2, 0.25) is 0 Å². The monoisotopic (exact) mass is 349 g/mol. The van der Waals surface area contributed by atoms with Crippen molar-refractivity contribution in [3.8, 4) is 17.1 Å². The maximum atomic E-state index is 12.6. The molecular formula is C20H19N3O3. The van der Waals surface area contributed by atoms with E-state index in [0.717, 1.165) is 11.3 Å². The number of anilines is 1. The Bertz CT molecular complexity index is 907. The fourth-order valence-corrected chi connectivity index (χ4v) is 3.17. The van der Waals surface area contributed by atoms with E-state index < -0.39 is 0 Å². The van der Waals surface area contributed by atoms with Gasteiger partial charge in [-0.3, -0.25) is 4.79 Å². The third-order valence-electron chi connectivity index (χ3n) is 4.40. The Kier molecular flexibility index (Phi) is 4.39. The first-order chi connectivity index (χ1) is 12.8. The lowest BCUT2D eigenvalue weighted by Crippen LogP contribution is -2.25. The zero-order valence-electron chi connectivity index (χ0n) is 14.5. The maximum absolute atomic E-state index is 12.6. The van der Waals surface area contributed by atoms with Crippen LogP contribution in [0.1, 0.15) is 25.2 Å². The molecule has 1 fully saturated rings. The summed E-state index contributed by atoms with van der Waals surface area (Å²) in [5.74, 6) is 1.65.